The average Bonchev–Trinajstić information content (AvgIpc) is 2.30. The van der Waals surface area contributed by atoms with Crippen molar-refractivity contribution < 1.29 is 0 Å². The molecule has 0 saturated heterocycles. The van der Waals surface area contributed by atoms with Crippen LogP contribution in [-0.2, 0) is 12.8 Å². The van der Waals surface area contributed by atoms with E-state index in [1.165, 1.54) is 5.56 Å². The molecular weight excluding hydrogens is 186 g/mol. The van der Waals surface area contributed by atoms with Crippen LogP contribution in [0.1, 0.15) is 24.6 Å². The van der Waals surface area contributed by atoms with E-state index in [0.29, 0.717) is 0 Å². The zero-order chi connectivity index (χ0) is 10.9. The number of nitrogens with one attached hydrogen (secondary N) is 1. The Bertz CT molecular complexity index is 256. The molecule has 0 atom stereocenters. The summed E-state index contributed by atoms with van der Waals surface area (Å²) in [5.74, 6) is 0. The largest absolute Gasteiger partial charge is 0.330 e. The van der Waals surface area contributed by atoms with Crippen LogP contribution in [0.5, 0.6) is 0 Å². The summed E-state index contributed by atoms with van der Waals surface area (Å²) in [5.41, 5.74) is 7.86. The van der Waals surface area contributed by atoms with Gasteiger partial charge in [0.1, 0.15) is 0 Å². The molecule has 0 spiro atoms. The van der Waals surface area contributed by atoms with E-state index in [4.69, 9.17) is 5.73 Å². The van der Waals surface area contributed by atoms with Crippen LogP contribution < -0.4 is 11.1 Å². The molecule has 0 radical (unpaired) electrons. The topological polar surface area (TPSA) is 50.9 Å². The van der Waals surface area contributed by atoms with Gasteiger partial charge in [0.2, 0.25) is 0 Å². The molecule has 0 unspecified atom stereocenters. The molecule has 0 aliphatic heterocycles. The highest BCUT2D eigenvalue weighted by molar-refractivity contribution is 5.13. The summed E-state index contributed by atoms with van der Waals surface area (Å²) in [6, 6.07) is 4.27. The molecule has 1 rings (SSSR count). The van der Waals surface area contributed by atoms with Gasteiger partial charge in [-0.25, -0.2) is 0 Å². The van der Waals surface area contributed by atoms with Gasteiger partial charge >= 0.3 is 0 Å². The Balaban J connectivity index is 2.20. The lowest BCUT2D eigenvalue weighted by atomic mass is 10.2. The lowest BCUT2D eigenvalue weighted by molar-refractivity contribution is 0.648. The summed E-state index contributed by atoms with van der Waals surface area (Å²) in [4.78, 5) is 4.40. The van der Waals surface area contributed by atoms with Crippen molar-refractivity contribution in [3.63, 3.8) is 0 Å². The molecule has 0 aromatic carbocycles. The van der Waals surface area contributed by atoms with Crippen molar-refractivity contribution in [2.24, 2.45) is 5.73 Å². The highest BCUT2D eigenvalue weighted by atomic mass is 14.9. The van der Waals surface area contributed by atoms with Crippen LogP contribution in [0.3, 0.4) is 0 Å². The third-order valence-electron chi connectivity index (χ3n) is 2.41. The summed E-state index contributed by atoms with van der Waals surface area (Å²) >= 11 is 0. The van der Waals surface area contributed by atoms with E-state index in [9.17, 15) is 0 Å². The monoisotopic (exact) mass is 207 g/mol. The van der Waals surface area contributed by atoms with Crippen LogP contribution in [-0.4, -0.2) is 24.6 Å². The number of pyridine rings is 1. The molecule has 0 saturated carbocycles. The van der Waals surface area contributed by atoms with E-state index in [-0.39, 0.29) is 0 Å². The first kappa shape index (κ1) is 12.1. The number of aryl methyl sites for hydroxylation is 1. The van der Waals surface area contributed by atoms with Gasteiger partial charge in [-0.2, -0.15) is 0 Å². The highest BCUT2D eigenvalue weighted by Crippen LogP contribution is 2.01. The summed E-state index contributed by atoms with van der Waals surface area (Å²) in [6.45, 7) is 4.89. The minimum absolute atomic E-state index is 0.760. The summed E-state index contributed by atoms with van der Waals surface area (Å²) in [6.07, 6.45) is 5.06. The molecule has 0 amide bonds. The van der Waals surface area contributed by atoms with Gasteiger partial charge in [0.05, 0.1) is 0 Å². The predicted octanol–water partition coefficient (Wildman–Crippen LogP) is 1.12. The Morgan fingerprint density at radius 3 is 2.80 bits per heavy atom. The minimum Gasteiger partial charge on any atom is -0.330 e. The van der Waals surface area contributed by atoms with Gasteiger partial charge in [0.15, 0.2) is 0 Å². The fraction of sp³-hybridized carbons (Fsp3) is 0.583. The molecule has 0 bridgehead atoms. The van der Waals surface area contributed by atoms with E-state index in [2.05, 4.69) is 29.4 Å². The minimum atomic E-state index is 0.760. The molecule has 1 heterocycles. The van der Waals surface area contributed by atoms with Gasteiger partial charge in [-0.05, 0) is 37.6 Å². The Morgan fingerprint density at radius 1 is 1.33 bits per heavy atom. The first-order valence-electron chi connectivity index (χ1n) is 5.71. The molecular formula is C12H21N3. The van der Waals surface area contributed by atoms with Gasteiger partial charge in [-0.15, -0.1) is 0 Å². The van der Waals surface area contributed by atoms with Gasteiger partial charge in [-0.3, -0.25) is 4.98 Å². The molecule has 3 N–H and O–H groups in total. The van der Waals surface area contributed by atoms with Gasteiger partial charge in [0, 0.05) is 24.9 Å². The van der Waals surface area contributed by atoms with Crippen LogP contribution in [0, 0.1) is 0 Å². The Hall–Kier alpha value is -0.930. The van der Waals surface area contributed by atoms with Crippen LogP contribution in [0.2, 0.25) is 0 Å². The van der Waals surface area contributed by atoms with Crippen molar-refractivity contribution in [2.45, 2.75) is 26.2 Å². The van der Waals surface area contributed by atoms with Crippen LogP contribution in [0.15, 0.2) is 18.3 Å². The van der Waals surface area contributed by atoms with Gasteiger partial charge < -0.3 is 11.1 Å². The van der Waals surface area contributed by atoms with E-state index < -0.39 is 0 Å². The highest BCUT2D eigenvalue weighted by Gasteiger charge is 1.94. The first-order chi connectivity index (χ1) is 7.36. The maximum atomic E-state index is 5.40. The van der Waals surface area contributed by atoms with E-state index in [1.807, 2.05) is 6.20 Å². The van der Waals surface area contributed by atoms with Crippen molar-refractivity contribution in [2.75, 3.05) is 19.6 Å². The Labute approximate surface area is 92.1 Å². The van der Waals surface area contributed by atoms with Gasteiger partial charge in [0.25, 0.3) is 0 Å². The third-order valence-corrected chi connectivity index (χ3v) is 2.41. The van der Waals surface area contributed by atoms with Crippen LogP contribution in [0.4, 0.5) is 0 Å². The van der Waals surface area contributed by atoms with Crippen LogP contribution in [0.25, 0.3) is 0 Å². The second kappa shape index (κ2) is 7.37. The predicted molar refractivity (Wildman–Crippen MR) is 63.9 cm³/mol. The first-order valence-corrected chi connectivity index (χ1v) is 5.71. The lowest BCUT2D eigenvalue weighted by Gasteiger charge is -2.04. The van der Waals surface area contributed by atoms with Crippen molar-refractivity contribution in [3.05, 3.63) is 29.6 Å². The molecule has 84 valence electrons. The van der Waals surface area contributed by atoms with E-state index in [0.717, 1.165) is 44.6 Å². The lowest BCUT2D eigenvalue weighted by Crippen LogP contribution is -2.21. The normalized spacial score (nSPS) is 10.5. The Morgan fingerprint density at radius 2 is 2.20 bits per heavy atom. The fourth-order valence-corrected chi connectivity index (χ4v) is 1.38. The maximum Gasteiger partial charge on any atom is 0.0416 e. The molecule has 1 aromatic rings. The summed E-state index contributed by atoms with van der Waals surface area (Å²) in [5, 5.41) is 3.34. The number of hydrogen-bond donors (Lipinski definition) is 2. The smallest absolute Gasteiger partial charge is 0.0416 e. The molecule has 3 heteroatoms. The second-order valence-electron chi connectivity index (χ2n) is 3.65. The molecule has 3 nitrogen and oxygen atoms in total. The zero-order valence-electron chi connectivity index (χ0n) is 9.50. The number of nitrogens with zero attached hydrogens (tertiary/aromatic N) is 1. The fourth-order valence-electron chi connectivity index (χ4n) is 1.38. The molecule has 1 aromatic heterocycles. The number of nitrogens with two attached hydrogens (primary N) is 1. The van der Waals surface area contributed by atoms with Crippen molar-refractivity contribution in [3.8, 4) is 0 Å². The molecule has 0 fully saturated rings. The molecule has 0 aliphatic rings. The molecule has 15 heavy (non-hydrogen) atoms. The van der Waals surface area contributed by atoms with Gasteiger partial charge in [-0.1, -0.05) is 13.0 Å². The number of aromatic nitrogens is 1. The third kappa shape index (κ3) is 4.91. The molecule has 0 aliphatic carbocycles. The SMILES string of the molecule is CCc1ccc(CCNCCCN)nc1. The summed E-state index contributed by atoms with van der Waals surface area (Å²) < 4.78 is 0. The van der Waals surface area contributed by atoms with Crippen LogP contribution >= 0.6 is 0 Å². The average molecular weight is 207 g/mol. The second-order valence-corrected chi connectivity index (χ2v) is 3.65. The number of rotatable bonds is 7. The van der Waals surface area contributed by atoms with Crippen molar-refractivity contribution in [1.29, 1.82) is 0 Å². The van der Waals surface area contributed by atoms with Crippen molar-refractivity contribution >= 4 is 0 Å². The maximum absolute atomic E-state index is 5.40. The van der Waals surface area contributed by atoms with Crippen molar-refractivity contribution in [1.82, 2.24) is 10.3 Å². The number of hydrogen-bond acceptors (Lipinski definition) is 3. The summed E-state index contributed by atoms with van der Waals surface area (Å²) in [7, 11) is 0. The standard InChI is InChI=1S/C12H21N3/c1-2-11-4-5-12(15-10-11)6-9-14-8-3-7-13/h4-5,10,14H,2-3,6-9,13H2,1H3. The zero-order valence-corrected chi connectivity index (χ0v) is 9.50. The quantitative estimate of drug-likeness (QED) is 0.659. The van der Waals surface area contributed by atoms with E-state index in [1.54, 1.807) is 0 Å². The van der Waals surface area contributed by atoms with E-state index >= 15 is 0 Å². The Kier molecular flexibility index (Phi) is 5.97.